The number of benzene rings is 1. The number of rotatable bonds is 11. The summed E-state index contributed by atoms with van der Waals surface area (Å²) in [6.45, 7) is 8.49. The quantitative estimate of drug-likeness (QED) is 0.466. The summed E-state index contributed by atoms with van der Waals surface area (Å²) in [7, 11) is 0. The van der Waals surface area contributed by atoms with Crippen molar-refractivity contribution in [2.75, 3.05) is 6.61 Å². The molecule has 0 spiro atoms. The Balaban J connectivity index is 2.24. The van der Waals surface area contributed by atoms with Crippen LogP contribution in [0.4, 0.5) is 0 Å². The summed E-state index contributed by atoms with van der Waals surface area (Å²) in [5.74, 6) is -0.402. The van der Waals surface area contributed by atoms with E-state index in [-0.39, 0.29) is 24.3 Å². The van der Waals surface area contributed by atoms with Crippen LogP contribution in [0.15, 0.2) is 18.2 Å². The minimum absolute atomic E-state index is 0.153. The minimum atomic E-state index is -0.249. The van der Waals surface area contributed by atoms with Crippen molar-refractivity contribution < 1.29 is 14.3 Å². The molecule has 0 saturated carbocycles. The van der Waals surface area contributed by atoms with Crippen LogP contribution < -0.4 is 5.32 Å². The van der Waals surface area contributed by atoms with Gasteiger partial charge in [-0.15, -0.1) is 0 Å². The van der Waals surface area contributed by atoms with Crippen LogP contribution in [0.1, 0.15) is 80.3 Å². The Morgan fingerprint density at radius 1 is 1.04 bits per heavy atom. The van der Waals surface area contributed by atoms with E-state index in [1.54, 1.807) is 6.07 Å². The summed E-state index contributed by atoms with van der Waals surface area (Å²) in [4.78, 5) is 24.1. The average molecular weight is 347 g/mol. The second-order valence-corrected chi connectivity index (χ2v) is 6.87. The zero-order valence-corrected chi connectivity index (χ0v) is 16.2. The van der Waals surface area contributed by atoms with E-state index in [2.05, 4.69) is 12.2 Å². The molecule has 1 unspecified atom stereocenters. The zero-order valence-electron chi connectivity index (χ0n) is 16.2. The predicted molar refractivity (Wildman–Crippen MR) is 102 cm³/mol. The molecule has 1 rings (SSSR count). The molecule has 1 amide bonds. The number of nitrogens with one attached hydrogen (secondary N) is 1. The average Bonchev–Trinajstić information content (AvgIpc) is 2.56. The second kappa shape index (κ2) is 11.7. The van der Waals surface area contributed by atoms with Crippen LogP contribution in [0.3, 0.4) is 0 Å². The molecule has 1 atom stereocenters. The van der Waals surface area contributed by atoms with Gasteiger partial charge in [0.15, 0.2) is 0 Å². The van der Waals surface area contributed by atoms with Gasteiger partial charge in [0.25, 0.3) is 5.91 Å². The van der Waals surface area contributed by atoms with Crippen molar-refractivity contribution in [2.24, 2.45) is 0 Å². The molecule has 0 heterocycles. The fourth-order valence-electron chi connectivity index (χ4n) is 2.62. The molecule has 4 nitrogen and oxygen atoms in total. The number of carbonyl (C=O) groups excluding carboxylic acids is 2. The minimum Gasteiger partial charge on any atom is -0.466 e. The van der Waals surface area contributed by atoms with E-state index in [4.69, 9.17) is 4.74 Å². The molecule has 0 saturated heterocycles. The third-order valence-corrected chi connectivity index (χ3v) is 4.38. The highest BCUT2D eigenvalue weighted by atomic mass is 16.5. The molecular weight excluding hydrogens is 314 g/mol. The van der Waals surface area contributed by atoms with Crippen molar-refractivity contribution in [2.45, 2.75) is 78.7 Å². The van der Waals surface area contributed by atoms with E-state index < -0.39 is 0 Å². The van der Waals surface area contributed by atoms with Crippen LogP contribution in [0, 0.1) is 13.8 Å². The fourth-order valence-corrected chi connectivity index (χ4v) is 2.62. The Labute approximate surface area is 152 Å². The van der Waals surface area contributed by atoms with Crippen LogP contribution >= 0.6 is 0 Å². The summed E-state index contributed by atoms with van der Waals surface area (Å²) >= 11 is 0. The molecule has 140 valence electrons. The molecule has 0 fully saturated rings. The van der Waals surface area contributed by atoms with Gasteiger partial charge in [0.2, 0.25) is 0 Å². The third-order valence-electron chi connectivity index (χ3n) is 4.38. The molecule has 4 heteroatoms. The normalized spacial score (nSPS) is 11.8. The Bertz CT molecular complexity index is 554. The Hall–Kier alpha value is -1.84. The first kappa shape index (κ1) is 21.2. The van der Waals surface area contributed by atoms with Crippen molar-refractivity contribution in [3.8, 4) is 0 Å². The largest absolute Gasteiger partial charge is 0.466 e. The van der Waals surface area contributed by atoms with Crippen molar-refractivity contribution in [3.63, 3.8) is 0 Å². The molecular formula is C21H33NO3. The van der Waals surface area contributed by atoms with E-state index in [0.29, 0.717) is 12.2 Å². The number of hydrogen-bond acceptors (Lipinski definition) is 3. The lowest BCUT2D eigenvalue weighted by Crippen LogP contribution is -2.34. The molecule has 1 aromatic rings. The number of esters is 1. The van der Waals surface area contributed by atoms with Crippen molar-refractivity contribution in [1.29, 1.82) is 0 Å². The lowest BCUT2D eigenvalue weighted by Gasteiger charge is -2.14. The van der Waals surface area contributed by atoms with Crippen LogP contribution in [-0.4, -0.2) is 24.5 Å². The van der Waals surface area contributed by atoms with E-state index in [0.717, 1.165) is 24.0 Å². The molecule has 0 aromatic heterocycles. The van der Waals surface area contributed by atoms with Gasteiger partial charge in [-0.2, -0.15) is 0 Å². The van der Waals surface area contributed by atoms with Crippen molar-refractivity contribution >= 4 is 11.9 Å². The summed E-state index contributed by atoms with van der Waals surface area (Å²) < 4.78 is 5.25. The molecule has 0 aliphatic heterocycles. The van der Waals surface area contributed by atoms with Gasteiger partial charge in [-0.25, -0.2) is 0 Å². The van der Waals surface area contributed by atoms with Gasteiger partial charge in [-0.05, 0) is 50.5 Å². The van der Waals surface area contributed by atoms with Gasteiger partial charge in [0.1, 0.15) is 0 Å². The van der Waals surface area contributed by atoms with E-state index in [1.807, 2.05) is 32.9 Å². The molecule has 0 aliphatic carbocycles. The van der Waals surface area contributed by atoms with Crippen LogP contribution in [0.2, 0.25) is 0 Å². The number of amides is 1. The number of carbonyl (C=O) groups is 2. The highest BCUT2D eigenvalue weighted by Gasteiger charge is 2.14. The molecule has 0 radical (unpaired) electrons. The highest BCUT2D eigenvalue weighted by molar-refractivity contribution is 5.94. The summed E-state index contributed by atoms with van der Waals surface area (Å²) in [5, 5.41) is 2.86. The summed E-state index contributed by atoms with van der Waals surface area (Å²) in [6, 6.07) is 5.37. The molecule has 1 N–H and O–H groups in total. The maximum atomic E-state index is 12.2. The highest BCUT2D eigenvalue weighted by Crippen LogP contribution is 2.10. The van der Waals surface area contributed by atoms with Crippen LogP contribution in [0.25, 0.3) is 0 Å². The lowest BCUT2D eigenvalue weighted by atomic mass is 10.1. The number of hydrogen-bond donors (Lipinski definition) is 1. The second-order valence-electron chi connectivity index (χ2n) is 6.87. The molecule has 1 aromatic carbocycles. The maximum Gasteiger partial charge on any atom is 0.307 e. The zero-order chi connectivity index (χ0) is 18.7. The standard InChI is InChI=1S/C21H33NO3/c1-5-6-7-8-9-10-13-25-20(23)15-18(4)22-21(24)19-12-11-16(2)17(3)14-19/h11-12,14,18H,5-10,13,15H2,1-4H3,(H,22,24). The Kier molecular flexibility index (Phi) is 9.90. The van der Waals surface area contributed by atoms with Crippen molar-refractivity contribution in [3.05, 3.63) is 34.9 Å². The van der Waals surface area contributed by atoms with Gasteiger partial charge in [-0.3, -0.25) is 9.59 Å². The first-order valence-corrected chi connectivity index (χ1v) is 9.47. The summed E-state index contributed by atoms with van der Waals surface area (Å²) in [5.41, 5.74) is 2.86. The Morgan fingerprint density at radius 3 is 2.40 bits per heavy atom. The van der Waals surface area contributed by atoms with Crippen LogP contribution in [-0.2, 0) is 9.53 Å². The van der Waals surface area contributed by atoms with Crippen LogP contribution in [0.5, 0.6) is 0 Å². The van der Waals surface area contributed by atoms with Gasteiger partial charge >= 0.3 is 5.97 Å². The lowest BCUT2D eigenvalue weighted by molar-refractivity contribution is -0.144. The smallest absolute Gasteiger partial charge is 0.307 e. The molecule has 25 heavy (non-hydrogen) atoms. The number of ether oxygens (including phenoxy) is 1. The Morgan fingerprint density at radius 2 is 1.72 bits per heavy atom. The summed E-state index contributed by atoms with van der Waals surface area (Å²) in [6.07, 6.45) is 7.19. The van der Waals surface area contributed by atoms with E-state index in [9.17, 15) is 9.59 Å². The monoisotopic (exact) mass is 347 g/mol. The third kappa shape index (κ3) is 8.71. The first-order valence-electron chi connectivity index (χ1n) is 9.47. The number of unbranched alkanes of at least 4 members (excludes halogenated alkanes) is 5. The van der Waals surface area contributed by atoms with E-state index in [1.165, 1.54) is 25.7 Å². The number of aryl methyl sites for hydroxylation is 2. The van der Waals surface area contributed by atoms with E-state index >= 15 is 0 Å². The van der Waals surface area contributed by atoms with Crippen molar-refractivity contribution in [1.82, 2.24) is 5.32 Å². The van der Waals surface area contributed by atoms with Gasteiger partial charge in [0, 0.05) is 11.6 Å². The van der Waals surface area contributed by atoms with Gasteiger partial charge < -0.3 is 10.1 Å². The fraction of sp³-hybridized carbons (Fsp3) is 0.619. The SMILES string of the molecule is CCCCCCCCOC(=O)CC(C)NC(=O)c1ccc(C)c(C)c1. The first-order chi connectivity index (χ1) is 11.9. The maximum absolute atomic E-state index is 12.2. The topological polar surface area (TPSA) is 55.4 Å². The molecule has 0 aliphatic rings. The van der Waals surface area contributed by atoms with Gasteiger partial charge in [-0.1, -0.05) is 45.1 Å². The molecule has 0 bridgehead atoms. The predicted octanol–water partition coefficient (Wildman–Crippen LogP) is 4.72. The van der Waals surface area contributed by atoms with Gasteiger partial charge in [0.05, 0.1) is 13.0 Å².